The second-order valence-corrected chi connectivity index (χ2v) is 5.13. The van der Waals surface area contributed by atoms with Gasteiger partial charge in [-0.15, -0.1) is 0 Å². The van der Waals surface area contributed by atoms with E-state index in [0.29, 0.717) is 32.3 Å². The van der Waals surface area contributed by atoms with Gasteiger partial charge < -0.3 is 19.7 Å². The molecule has 1 aliphatic heterocycles. The molecule has 0 aliphatic carbocycles. The Balaban J connectivity index is 1.81. The molecule has 0 radical (unpaired) electrons. The van der Waals surface area contributed by atoms with E-state index < -0.39 is 0 Å². The monoisotopic (exact) mass is 292 g/mol. The first-order valence-electron chi connectivity index (χ1n) is 7.52. The average molecular weight is 292 g/mol. The summed E-state index contributed by atoms with van der Waals surface area (Å²) in [6.07, 6.45) is 0. The molecule has 5 heteroatoms. The van der Waals surface area contributed by atoms with Gasteiger partial charge in [-0.25, -0.2) is 0 Å². The summed E-state index contributed by atoms with van der Waals surface area (Å²) in [7, 11) is 0. The molecule has 1 heterocycles. The number of nitrogens with one attached hydrogen (secondary N) is 1. The summed E-state index contributed by atoms with van der Waals surface area (Å²) >= 11 is 0. The Morgan fingerprint density at radius 2 is 2.00 bits per heavy atom. The first kappa shape index (κ1) is 15.8. The molecule has 1 fully saturated rings. The van der Waals surface area contributed by atoms with Gasteiger partial charge in [0.15, 0.2) is 6.61 Å². The zero-order valence-electron chi connectivity index (χ0n) is 12.8. The smallest absolute Gasteiger partial charge is 0.260 e. The van der Waals surface area contributed by atoms with Gasteiger partial charge in [0.05, 0.1) is 13.2 Å². The largest absolute Gasteiger partial charge is 0.484 e. The molecule has 0 spiro atoms. The summed E-state index contributed by atoms with van der Waals surface area (Å²) in [5.41, 5.74) is 1.21. The number of carbonyl (C=O) groups is 1. The zero-order valence-corrected chi connectivity index (χ0v) is 12.8. The number of hydrogen-bond donors (Lipinski definition) is 1. The summed E-state index contributed by atoms with van der Waals surface area (Å²) < 4.78 is 10.8. The normalized spacial score (nSPS) is 16.6. The standard InChI is InChI=1S/C16H24N2O3/c1-3-17-13(2)14-4-6-15(7-5-14)21-12-16(19)18-8-10-20-11-9-18/h4-7,13,17H,3,8-12H2,1-2H3. The highest BCUT2D eigenvalue weighted by Crippen LogP contribution is 2.17. The van der Waals surface area contributed by atoms with Crippen LogP contribution in [0.4, 0.5) is 0 Å². The molecule has 1 N–H and O–H groups in total. The lowest BCUT2D eigenvalue weighted by atomic mass is 10.1. The van der Waals surface area contributed by atoms with Gasteiger partial charge in [-0.3, -0.25) is 4.79 Å². The van der Waals surface area contributed by atoms with E-state index in [1.54, 1.807) is 4.90 Å². The van der Waals surface area contributed by atoms with Crippen LogP contribution in [0.15, 0.2) is 24.3 Å². The predicted molar refractivity (Wildman–Crippen MR) is 81.4 cm³/mol. The third-order valence-corrected chi connectivity index (χ3v) is 3.62. The molecule has 1 aromatic carbocycles. The molecule has 5 nitrogen and oxygen atoms in total. The van der Waals surface area contributed by atoms with Crippen molar-refractivity contribution in [1.82, 2.24) is 10.2 Å². The number of morpholine rings is 1. The van der Waals surface area contributed by atoms with Gasteiger partial charge in [0.25, 0.3) is 5.91 Å². The van der Waals surface area contributed by atoms with Crippen LogP contribution in [-0.2, 0) is 9.53 Å². The minimum Gasteiger partial charge on any atom is -0.484 e. The summed E-state index contributed by atoms with van der Waals surface area (Å²) in [5, 5.41) is 3.36. The van der Waals surface area contributed by atoms with Crippen molar-refractivity contribution < 1.29 is 14.3 Å². The van der Waals surface area contributed by atoms with E-state index in [0.717, 1.165) is 12.3 Å². The first-order valence-corrected chi connectivity index (χ1v) is 7.52. The Labute approximate surface area is 126 Å². The van der Waals surface area contributed by atoms with Crippen molar-refractivity contribution in [2.45, 2.75) is 19.9 Å². The van der Waals surface area contributed by atoms with Gasteiger partial charge in [0, 0.05) is 19.1 Å². The Bertz CT molecular complexity index is 441. The minimum absolute atomic E-state index is 0.0170. The molecule has 1 aromatic rings. The van der Waals surface area contributed by atoms with Gasteiger partial charge in [0.1, 0.15) is 5.75 Å². The molecular formula is C16H24N2O3. The third-order valence-electron chi connectivity index (χ3n) is 3.62. The maximum absolute atomic E-state index is 12.0. The van der Waals surface area contributed by atoms with Crippen LogP contribution in [0.5, 0.6) is 5.75 Å². The Morgan fingerprint density at radius 3 is 2.62 bits per heavy atom. The topological polar surface area (TPSA) is 50.8 Å². The van der Waals surface area contributed by atoms with Crippen molar-refractivity contribution in [3.05, 3.63) is 29.8 Å². The SMILES string of the molecule is CCNC(C)c1ccc(OCC(=O)N2CCOCC2)cc1. The van der Waals surface area contributed by atoms with Gasteiger partial charge in [-0.1, -0.05) is 19.1 Å². The summed E-state index contributed by atoms with van der Waals surface area (Å²) in [5.74, 6) is 0.743. The van der Waals surface area contributed by atoms with Crippen molar-refractivity contribution in [2.24, 2.45) is 0 Å². The van der Waals surface area contributed by atoms with E-state index in [9.17, 15) is 4.79 Å². The van der Waals surface area contributed by atoms with E-state index in [2.05, 4.69) is 19.2 Å². The quantitative estimate of drug-likeness (QED) is 0.865. The number of nitrogens with zero attached hydrogens (tertiary/aromatic N) is 1. The second kappa shape index (κ2) is 8.00. The second-order valence-electron chi connectivity index (χ2n) is 5.13. The van der Waals surface area contributed by atoms with Crippen LogP contribution < -0.4 is 10.1 Å². The first-order chi connectivity index (χ1) is 10.2. The molecule has 1 atom stereocenters. The molecule has 116 valence electrons. The predicted octanol–water partition coefficient (Wildman–Crippen LogP) is 1.59. The van der Waals surface area contributed by atoms with Crippen LogP contribution in [0.1, 0.15) is 25.5 Å². The van der Waals surface area contributed by atoms with Gasteiger partial charge in [-0.2, -0.15) is 0 Å². The van der Waals surface area contributed by atoms with Gasteiger partial charge in [0.2, 0.25) is 0 Å². The maximum atomic E-state index is 12.0. The summed E-state index contributed by atoms with van der Waals surface area (Å²) in [4.78, 5) is 13.7. The molecule has 1 aliphatic rings. The zero-order chi connectivity index (χ0) is 15.1. The fraction of sp³-hybridized carbons (Fsp3) is 0.562. The van der Waals surface area contributed by atoms with Crippen LogP contribution in [0, 0.1) is 0 Å². The lowest BCUT2D eigenvalue weighted by molar-refractivity contribution is -0.137. The average Bonchev–Trinajstić information content (AvgIpc) is 2.54. The highest BCUT2D eigenvalue weighted by molar-refractivity contribution is 5.77. The van der Waals surface area contributed by atoms with Gasteiger partial charge >= 0.3 is 0 Å². The minimum atomic E-state index is 0.0170. The number of carbonyl (C=O) groups excluding carboxylic acids is 1. The van der Waals surface area contributed by atoms with E-state index in [4.69, 9.17) is 9.47 Å². The number of hydrogen-bond acceptors (Lipinski definition) is 4. The molecule has 2 rings (SSSR count). The van der Waals surface area contributed by atoms with Crippen molar-refractivity contribution in [1.29, 1.82) is 0 Å². The molecule has 1 saturated heterocycles. The Hall–Kier alpha value is -1.59. The number of benzene rings is 1. The number of rotatable bonds is 6. The van der Waals surface area contributed by atoms with Crippen LogP contribution in [0.25, 0.3) is 0 Å². The van der Waals surface area contributed by atoms with E-state index >= 15 is 0 Å². The molecule has 21 heavy (non-hydrogen) atoms. The Morgan fingerprint density at radius 1 is 1.33 bits per heavy atom. The van der Waals surface area contributed by atoms with E-state index in [1.165, 1.54) is 5.56 Å². The summed E-state index contributed by atoms with van der Waals surface area (Å²) in [6, 6.07) is 8.20. The van der Waals surface area contributed by atoms with Crippen LogP contribution >= 0.6 is 0 Å². The van der Waals surface area contributed by atoms with Crippen LogP contribution in [0.3, 0.4) is 0 Å². The molecule has 1 unspecified atom stereocenters. The lowest BCUT2D eigenvalue weighted by Gasteiger charge is -2.26. The maximum Gasteiger partial charge on any atom is 0.260 e. The van der Waals surface area contributed by atoms with Crippen molar-refractivity contribution in [3.8, 4) is 5.75 Å². The fourth-order valence-electron chi connectivity index (χ4n) is 2.33. The van der Waals surface area contributed by atoms with Crippen LogP contribution in [-0.4, -0.2) is 50.3 Å². The van der Waals surface area contributed by atoms with Crippen molar-refractivity contribution >= 4 is 5.91 Å². The Kier molecular flexibility index (Phi) is 6.02. The molecule has 1 amide bonds. The molecule has 0 bridgehead atoms. The molecular weight excluding hydrogens is 268 g/mol. The highest BCUT2D eigenvalue weighted by Gasteiger charge is 2.17. The molecule has 0 aromatic heterocycles. The number of amides is 1. The fourth-order valence-corrected chi connectivity index (χ4v) is 2.33. The molecule has 0 saturated carbocycles. The van der Waals surface area contributed by atoms with Crippen LogP contribution in [0.2, 0.25) is 0 Å². The summed E-state index contributed by atoms with van der Waals surface area (Å²) in [6.45, 7) is 7.77. The van der Waals surface area contributed by atoms with Crippen molar-refractivity contribution in [3.63, 3.8) is 0 Å². The highest BCUT2D eigenvalue weighted by atomic mass is 16.5. The van der Waals surface area contributed by atoms with E-state index in [1.807, 2.05) is 24.3 Å². The van der Waals surface area contributed by atoms with Crippen molar-refractivity contribution in [2.75, 3.05) is 39.5 Å². The van der Waals surface area contributed by atoms with Gasteiger partial charge in [-0.05, 0) is 31.2 Å². The lowest BCUT2D eigenvalue weighted by Crippen LogP contribution is -2.42. The third kappa shape index (κ3) is 4.72. The number of ether oxygens (including phenoxy) is 2. The van der Waals surface area contributed by atoms with E-state index in [-0.39, 0.29) is 12.5 Å².